The maximum Gasteiger partial charge on any atom is 0.270 e. The van der Waals surface area contributed by atoms with Gasteiger partial charge in [0.1, 0.15) is 11.5 Å². The van der Waals surface area contributed by atoms with Crippen LogP contribution in [0.4, 0.5) is 11.6 Å². The van der Waals surface area contributed by atoms with Crippen molar-refractivity contribution in [1.29, 1.82) is 0 Å². The van der Waals surface area contributed by atoms with Gasteiger partial charge in [-0.3, -0.25) is 9.59 Å². The molecule has 0 bridgehead atoms. The van der Waals surface area contributed by atoms with E-state index in [1.807, 2.05) is 60.7 Å². The molecule has 2 aromatic carbocycles. The highest BCUT2D eigenvalue weighted by atomic mass is 35.5. The van der Waals surface area contributed by atoms with Crippen molar-refractivity contribution in [2.45, 2.75) is 36.5 Å². The summed E-state index contributed by atoms with van der Waals surface area (Å²) in [5.74, 6) is -0.409. The summed E-state index contributed by atoms with van der Waals surface area (Å²) in [7, 11) is -2.38. The number of nitrogens with two attached hydrogens (primary N) is 2. The molecule has 4 heterocycles. The summed E-state index contributed by atoms with van der Waals surface area (Å²) in [6.07, 6.45) is 2.55. The van der Waals surface area contributed by atoms with Crippen molar-refractivity contribution in [3.05, 3.63) is 112 Å². The molecular weight excluding hydrogens is 654 g/mol. The maximum atomic E-state index is 14.1. The van der Waals surface area contributed by atoms with Crippen molar-refractivity contribution in [1.82, 2.24) is 34.4 Å². The number of ketones is 1. The number of piperidine rings is 1. The van der Waals surface area contributed by atoms with Crippen LogP contribution in [0, 0.1) is 0 Å². The quantitative estimate of drug-likeness (QED) is 0.151. The number of likely N-dealkylation sites (tertiary alicyclic amines) is 1. The van der Waals surface area contributed by atoms with E-state index < -0.39 is 15.8 Å². The molecule has 2 aliphatic rings. The smallest absolute Gasteiger partial charge is 0.270 e. The third kappa shape index (κ3) is 6.72. The largest absolute Gasteiger partial charge is 0.382 e. The molecule has 6 N–H and O–H groups in total. The van der Waals surface area contributed by atoms with Gasteiger partial charge < -0.3 is 31.6 Å². The fourth-order valence-corrected chi connectivity index (χ4v) is 7.76. The first-order chi connectivity index (χ1) is 23.0. The molecule has 48 heavy (non-hydrogen) atoms. The van der Waals surface area contributed by atoms with Gasteiger partial charge >= 0.3 is 0 Å². The third-order valence-corrected chi connectivity index (χ3v) is 10.9. The Hall–Kier alpha value is -4.92. The number of anilines is 2. The number of rotatable bonds is 9. The number of nitrogens with zero attached hydrogens (tertiary/aromatic N) is 5. The summed E-state index contributed by atoms with van der Waals surface area (Å²) in [6.45, 7) is 1.77. The van der Waals surface area contributed by atoms with Crippen LogP contribution in [0.1, 0.15) is 44.9 Å². The number of carbonyl (C=O) groups excluding carboxylic acids is 2. The van der Waals surface area contributed by atoms with E-state index in [1.165, 1.54) is 21.0 Å². The second kappa shape index (κ2) is 13.3. The van der Waals surface area contributed by atoms with Crippen molar-refractivity contribution >= 4 is 45.0 Å². The van der Waals surface area contributed by atoms with Crippen LogP contribution in [0.3, 0.4) is 0 Å². The maximum absolute atomic E-state index is 14.1. The van der Waals surface area contributed by atoms with E-state index in [0.29, 0.717) is 38.3 Å². The fourth-order valence-electron chi connectivity index (χ4n) is 6.05. The molecule has 1 amide bonds. The molecule has 0 saturated carbocycles. The van der Waals surface area contributed by atoms with E-state index >= 15 is 0 Å². The Morgan fingerprint density at radius 1 is 0.938 bits per heavy atom. The molecule has 0 aliphatic carbocycles. The van der Waals surface area contributed by atoms with Crippen LogP contribution in [0.2, 0.25) is 5.15 Å². The number of benzene rings is 2. The molecule has 2 fully saturated rings. The van der Waals surface area contributed by atoms with Crippen molar-refractivity contribution in [3.8, 4) is 0 Å². The Morgan fingerprint density at radius 3 is 2.15 bits per heavy atom. The number of hydrogen-bond donors (Lipinski definition) is 4. The second-order valence-electron chi connectivity index (χ2n) is 12.0. The number of sulfonamides is 1. The molecule has 1 spiro atoms. The molecular formula is C33H36ClN9O4S. The molecule has 6 rings (SSSR count). The SMILES string of the molecule is Cn1c(C(=O)N2CCC3(CC2)CN/C(=C\C(=O)c2nc(Cl)c(N)nc2N)N3)ccc1S(=O)(=O)N(Cc1ccccc1)Cc1ccccc1. The lowest BCUT2D eigenvalue weighted by atomic mass is 9.88. The number of allylic oxidation sites excluding steroid dienone is 1. The van der Waals surface area contributed by atoms with Gasteiger partial charge in [-0.05, 0) is 36.1 Å². The summed E-state index contributed by atoms with van der Waals surface area (Å²) in [6, 6.07) is 21.9. The lowest BCUT2D eigenvalue weighted by molar-refractivity contribution is 0.0656. The molecule has 2 aromatic heterocycles. The molecule has 13 nitrogen and oxygen atoms in total. The van der Waals surface area contributed by atoms with Gasteiger partial charge in [0.25, 0.3) is 15.9 Å². The van der Waals surface area contributed by atoms with Gasteiger partial charge in [0, 0.05) is 45.8 Å². The first-order valence-corrected chi connectivity index (χ1v) is 17.2. The van der Waals surface area contributed by atoms with Crippen LogP contribution in [0.5, 0.6) is 0 Å². The highest BCUT2D eigenvalue weighted by molar-refractivity contribution is 7.89. The zero-order valence-corrected chi connectivity index (χ0v) is 27.8. The van der Waals surface area contributed by atoms with Crippen molar-refractivity contribution in [2.75, 3.05) is 31.1 Å². The average Bonchev–Trinajstić information content (AvgIpc) is 3.66. The minimum absolute atomic E-state index is 0.0417. The number of hydrogen-bond acceptors (Lipinski definition) is 10. The number of nitrogen functional groups attached to an aromatic ring is 2. The number of aromatic nitrogens is 3. The van der Waals surface area contributed by atoms with Crippen molar-refractivity contribution in [3.63, 3.8) is 0 Å². The Labute approximate surface area is 283 Å². The minimum Gasteiger partial charge on any atom is -0.382 e. The highest BCUT2D eigenvalue weighted by Gasteiger charge is 2.41. The molecule has 4 aromatic rings. The Balaban J connectivity index is 1.14. The topological polar surface area (TPSA) is 182 Å². The third-order valence-electron chi connectivity index (χ3n) is 8.74. The van der Waals surface area contributed by atoms with Gasteiger partial charge in [0.2, 0.25) is 5.78 Å². The molecule has 2 saturated heterocycles. The van der Waals surface area contributed by atoms with Gasteiger partial charge in [-0.25, -0.2) is 18.4 Å². The number of amides is 1. The van der Waals surface area contributed by atoms with E-state index in [4.69, 9.17) is 23.1 Å². The monoisotopic (exact) mass is 689 g/mol. The number of halogens is 1. The predicted octanol–water partition coefficient (Wildman–Crippen LogP) is 2.92. The summed E-state index contributed by atoms with van der Waals surface area (Å²) >= 11 is 5.93. The van der Waals surface area contributed by atoms with E-state index in [2.05, 4.69) is 20.6 Å². The van der Waals surface area contributed by atoms with Crippen LogP contribution in [0.25, 0.3) is 0 Å². The lowest BCUT2D eigenvalue weighted by Gasteiger charge is -2.38. The van der Waals surface area contributed by atoms with Crippen LogP contribution in [-0.4, -0.2) is 69.0 Å². The van der Waals surface area contributed by atoms with Gasteiger partial charge in [-0.15, -0.1) is 0 Å². The van der Waals surface area contributed by atoms with Gasteiger partial charge in [0.05, 0.1) is 5.54 Å². The Bertz CT molecular complexity index is 1940. The van der Waals surface area contributed by atoms with Crippen LogP contribution in [-0.2, 0) is 30.2 Å². The molecule has 15 heteroatoms. The normalized spacial score (nSPS) is 16.6. The molecule has 0 atom stereocenters. The Kier molecular flexibility index (Phi) is 9.14. The first kappa shape index (κ1) is 33.0. The number of carbonyl (C=O) groups is 2. The average molecular weight is 690 g/mol. The van der Waals surface area contributed by atoms with E-state index in [1.54, 1.807) is 18.0 Å². The predicted molar refractivity (Wildman–Crippen MR) is 182 cm³/mol. The van der Waals surface area contributed by atoms with Crippen molar-refractivity contribution < 1.29 is 18.0 Å². The first-order valence-electron chi connectivity index (χ1n) is 15.4. The highest BCUT2D eigenvalue weighted by Crippen LogP contribution is 2.29. The van der Waals surface area contributed by atoms with E-state index in [-0.39, 0.29) is 57.7 Å². The van der Waals surface area contributed by atoms with Crippen LogP contribution in [0.15, 0.2) is 89.7 Å². The van der Waals surface area contributed by atoms with Gasteiger partial charge in [0.15, 0.2) is 27.5 Å². The van der Waals surface area contributed by atoms with Crippen molar-refractivity contribution in [2.24, 2.45) is 7.05 Å². The molecule has 0 radical (unpaired) electrons. The fraction of sp³-hybridized carbons (Fsp3) is 0.273. The van der Waals surface area contributed by atoms with Crippen LogP contribution < -0.4 is 22.1 Å². The molecule has 250 valence electrons. The Morgan fingerprint density at radius 2 is 1.54 bits per heavy atom. The second-order valence-corrected chi connectivity index (χ2v) is 14.2. The summed E-state index contributed by atoms with van der Waals surface area (Å²) < 4.78 is 31.1. The van der Waals surface area contributed by atoms with E-state index in [0.717, 1.165) is 11.1 Å². The minimum atomic E-state index is -3.99. The van der Waals surface area contributed by atoms with Gasteiger partial charge in [-0.1, -0.05) is 72.3 Å². The molecule has 2 aliphatic heterocycles. The lowest BCUT2D eigenvalue weighted by Crippen LogP contribution is -2.53. The van der Waals surface area contributed by atoms with Gasteiger partial charge in [-0.2, -0.15) is 4.31 Å². The summed E-state index contributed by atoms with van der Waals surface area (Å²) in [4.78, 5) is 36.1. The summed E-state index contributed by atoms with van der Waals surface area (Å²) in [5, 5.41) is 6.55. The zero-order chi connectivity index (χ0) is 34.1. The summed E-state index contributed by atoms with van der Waals surface area (Å²) in [5.41, 5.74) is 13.0. The zero-order valence-electron chi connectivity index (χ0n) is 26.3. The van der Waals surface area contributed by atoms with E-state index in [9.17, 15) is 18.0 Å². The van der Waals surface area contributed by atoms with Crippen LogP contribution >= 0.6 is 11.6 Å². The number of nitrogens with one attached hydrogen (secondary N) is 2. The molecule has 0 unspecified atom stereocenters. The standard InChI is InChI=1S/C33H36ClN9O4S/c1-41-24(12-13-27(41)48(46,47)43(19-22-8-4-2-5-9-22)20-23-10-6-3-7-11-23)32(45)42-16-14-33(15-17-42)21-37-26(40-33)18-25(44)28-30(35)39-31(36)29(34)38-28/h2-13,18,37,40H,14-17,19-21H2,1H3,(H4,35,36,39)/b26-18+.